The highest BCUT2D eigenvalue weighted by molar-refractivity contribution is 5.99. The highest BCUT2D eigenvalue weighted by Gasteiger charge is 2.27. The van der Waals surface area contributed by atoms with E-state index in [1.807, 2.05) is 18.2 Å². The first-order valence-corrected chi connectivity index (χ1v) is 12.8. The van der Waals surface area contributed by atoms with Gasteiger partial charge >= 0.3 is 0 Å². The van der Waals surface area contributed by atoms with Crippen molar-refractivity contribution in [3.05, 3.63) is 63.8 Å². The third kappa shape index (κ3) is 6.13. The van der Waals surface area contributed by atoms with Crippen LogP contribution in [0.1, 0.15) is 91.1 Å². The molecule has 1 aliphatic heterocycles. The normalized spacial score (nSPS) is 19.8. The van der Waals surface area contributed by atoms with Crippen LogP contribution in [-0.4, -0.2) is 45.4 Å². The second kappa shape index (κ2) is 11.4. The fraction of sp³-hybridized carbons (Fsp3) is 0.556. The number of piperidine rings is 1. The molecule has 4 rings (SSSR count). The Kier molecular flexibility index (Phi) is 8.14. The molecule has 7 heteroatoms. The van der Waals surface area contributed by atoms with Crippen LogP contribution in [0.4, 0.5) is 0 Å². The van der Waals surface area contributed by atoms with E-state index in [0.29, 0.717) is 25.6 Å². The van der Waals surface area contributed by atoms with Crippen molar-refractivity contribution < 1.29 is 9.59 Å². The first-order valence-electron chi connectivity index (χ1n) is 12.8. The summed E-state index contributed by atoms with van der Waals surface area (Å²) < 4.78 is 1.75. The van der Waals surface area contributed by atoms with Crippen LogP contribution in [0.15, 0.2) is 41.6 Å². The van der Waals surface area contributed by atoms with Crippen LogP contribution in [0.25, 0.3) is 0 Å². The second-order valence-electron chi connectivity index (χ2n) is 9.92. The molecule has 2 aromatic rings. The molecule has 2 aliphatic rings. The molecule has 3 heterocycles. The number of aromatic nitrogens is 2. The fourth-order valence-corrected chi connectivity index (χ4v) is 5.12. The molecule has 2 fully saturated rings. The average Bonchev–Trinajstić information content (AvgIpc) is 2.82. The van der Waals surface area contributed by atoms with Crippen LogP contribution in [-0.2, 0) is 6.54 Å². The summed E-state index contributed by atoms with van der Waals surface area (Å²) in [4.78, 5) is 46.2. The van der Waals surface area contributed by atoms with Crippen molar-refractivity contribution in [2.45, 2.75) is 77.3 Å². The molecule has 2 aromatic heterocycles. The summed E-state index contributed by atoms with van der Waals surface area (Å²) in [5.74, 6) is -0.266. The van der Waals surface area contributed by atoms with Gasteiger partial charge in [-0.25, -0.2) is 0 Å². The standard InChI is InChI=1S/C27H36N4O3/c1-20-10-9-15-31(16-20)27(34)24-19-30(17-22-13-7-8-14-28-22)18-23(25(24)32)26(33)29-21-11-5-3-2-4-6-12-21/h7-8,13-14,18-21H,2-6,9-12,15-17H2,1H3,(H,29,33)/t20-/m0/s1. The van der Waals surface area contributed by atoms with Crippen LogP contribution in [0, 0.1) is 5.92 Å². The van der Waals surface area contributed by atoms with E-state index in [1.54, 1.807) is 28.1 Å². The van der Waals surface area contributed by atoms with Gasteiger partial charge in [-0.2, -0.15) is 0 Å². The maximum atomic E-state index is 13.4. The number of nitrogens with zero attached hydrogens (tertiary/aromatic N) is 3. The molecular weight excluding hydrogens is 428 g/mol. The quantitative estimate of drug-likeness (QED) is 0.725. The van der Waals surface area contributed by atoms with Gasteiger partial charge in [0, 0.05) is 37.7 Å². The van der Waals surface area contributed by atoms with E-state index in [1.165, 1.54) is 19.3 Å². The lowest BCUT2D eigenvalue weighted by Gasteiger charge is -2.31. The van der Waals surface area contributed by atoms with Gasteiger partial charge in [-0.15, -0.1) is 0 Å². The van der Waals surface area contributed by atoms with Gasteiger partial charge in [-0.05, 0) is 43.7 Å². The van der Waals surface area contributed by atoms with Crippen molar-refractivity contribution in [3.63, 3.8) is 0 Å². The van der Waals surface area contributed by atoms with Gasteiger partial charge in [0.15, 0.2) is 0 Å². The fourth-order valence-electron chi connectivity index (χ4n) is 5.12. The number of carbonyl (C=O) groups excluding carboxylic acids is 2. The van der Waals surface area contributed by atoms with E-state index < -0.39 is 5.43 Å². The minimum absolute atomic E-state index is 0.0360. The van der Waals surface area contributed by atoms with Gasteiger partial charge in [0.2, 0.25) is 5.43 Å². The van der Waals surface area contributed by atoms with Crippen LogP contribution in [0.5, 0.6) is 0 Å². The largest absolute Gasteiger partial charge is 0.349 e. The van der Waals surface area contributed by atoms with Gasteiger partial charge in [0.1, 0.15) is 11.1 Å². The Morgan fingerprint density at radius 1 is 1.00 bits per heavy atom. The predicted octanol–water partition coefficient (Wildman–Crippen LogP) is 4.01. The SMILES string of the molecule is C[C@H]1CCCN(C(=O)c2cn(Cc3ccccn3)cc(C(=O)NC3CCCCCCC3)c2=O)C1. The zero-order chi connectivity index (χ0) is 23.9. The van der Waals surface area contributed by atoms with E-state index in [2.05, 4.69) is 17.2 Å². The molecule has 1 aliphatic carbocycles. The lowest BCUT2D eigenvalue weighted by atomic mass is 9.96. The monoisotopic (exact) mass is 464 g/mol. The first-order chi connectivity index (χ1) is 16.5. The minimum Gasteiger partial charge on any atom is -0.349 e. The van der Waals surface area contributed by atoms with Crippen molar-refractivity contribution in [1.82, 2.24) is 19.8 Å². The molecule has 0 bridgehead atoms. The van der Waals surface area contributed by atoms with Crippen molar-refractivity contribution in [2.24, 2.45) is 5.92 Å². The number of amides is 2. The molecule has 1 N–H and O–H groups in total. The number of nitrogens with one attached hydrogen (secondary N) is 1. The Balaban J connectivity index is 1.64. The molecule has 1 atom stereocenters. The van der Waals surface area contributed by atoms with Gasteiger partial charge < -0.3 is 14.8 Å². The zero-order valence-electron chi connectivity index (χ0n) is 20.2. The molecule has 34 heavy (non-hydrogen) atoms. The molecule has 0 spiro atoms. The lowest BCUT2D eigenvalue weighted by Crippen LogP contribution is -2.43. The second-order valence-corrected chi connectivity index (χ2v) is 9.92. The summed E-state index contributed by atoms with van der Waals surface area (Å²) in [6.45, 7) is 3.78. The third-order valence-electron chi connectivity index (χ3n) is 7.01. The Morgan fingerprint density at radius 3 is 2.44 bits per heavy atom. The number of likely N-dealkylation sites (tertiary alicyclic amines) is 1. The highest BCUT2D eigenvalue weighted by atomic mass is 16.2. The van der Waals surface area contributed by atoms with Gasteiger partial charge in [0.05, 0.1) is 12.2 Å². The minimum atomic E-state index is -0.483. The van der Waals surface area contributed by atoms with Crippen molar-refractivity contribution in [2.75, 3.05) is 13.1 Å². The average molecular weight is 465 g/mol. The molecule has 7 nitrogen and oxygen atoms in total. The zero-order valence-corrected chi connectivity index (χ0v) is 20.2. The summed E-state index contributed by atoms with van der Waals surface area (Å²) in [5.41, 5.74) is 0.413. The molecule has 0 unspecified atom stereocenters. The summed E-state index contributed by atoms with van der Waals surface area (Å²) in [5, 5.41) is 3.09. The number of rotatable bonds is 5. The Hall–Kier alpha value is -2.96. The van der Waals surface area contributed by atoms with E-state index in [4.69, 9.17) is 0 Å². The molecule has 2 amide bonds. The van der Waals surface area contributed by atoms with Crippen molar-refractivity contribution in [3.8, 4) is 0 Å². The number of hydrogen-bond donors (Lipinski definition) is 1. The maximum Gasteiger partial charge on any atom is 0.259 e. The third-order valence-corrected chi connectivity index (χ3v) is 7.01. The van der Waals surface area contributed by atoms with Crippen LogP contribution in [0.3, 0.4) is 0 Å². The van der Waals surface area contributed by atoms with E-state index in [0.717, 1.165) is 44.2 Å². The van der Waals surface area contributed by atoms with Crippen LogP contribution >= 0.6 is 0 Å². The number of hydrogen-bond acceptors (Lipinski definition) is 4. The van der Waals surface area contributed by atoms with Gasteiger partial charge in [-0.1, -0.05) is 45.1 Å². The first kappa shape index (κ1) is 24.2. The summed E-state index contributed by atoms with van der Waals surface area (Å²) in [6.07, 6.45) is 14.5. The Morgan fingerprint density at radius 2 is 1.74 bits per heavy atom. The number of pyridine rings is 2. The summed E-state index contributed by atoms with van der Waals surface area (Å²) >= 11 is 0. The maximum absolute atomic E-state index is 13.4. The Bertz CT molecular complexity index is 1040. The van der Waals surface area contributed by atoms with Crippen molar-refractivity contribution >= 4 is 11.8 Å². The lowest BCUT2D eigenvalue weighted by molar-refractivity contribution is 0.0680. The van der Waals surface area contributed by atoms with E-state index in [9.17, 15) is 14.4 Å². The number of carbonyl (C=O) groups is 2. The van der Waals surface area contributed by atoms with E-state index in [-0.39, 0.29) is 29.0 Å². The molecule has 0 radical (unpaired) electrons. The topological polar surface area (TPSA) is 84.3 Å². The summed E-state index contributed by atoms with van der Waals surface area (Å²) in [6, 6.07) is 5.70. The van der Waals surface area contributed by atoms with Crippen molar-refractivity contribution in [1.29, 1.82) is 0 Å². The van der Waals surface area contributed by atoms with E-state index >= 15 is 0 Å². The predicted molar refractivity (Wildman–Crippen MR) is 132 cm³/mol. The smallest absolute Gasteiger partial charge is 0.259 e. The highest BCUT2D eigenvalue weighted by Crippen LogP contribution is 2.19. The summed E-state index contributed by atoms with van der Waals surface area (Å²) in [7, 11) is 0. The van der Waals surface area contributed by atoms with Crippen LogP contribution < -0.4 is 10.7 Å². The molecule has 182 valence electrons. The molecule has 0 aromatic carbocycles. The Labute approximate surface area is 201 Å². The molecule has 1 saturated carbocycles. The molecular formula is C27H36N4O3. The van der Waals surface area contributed by atoms with Gasteiger partial charge in [0.25, 0.3) is 11.8 Å². The molecule has 1 saturated heterocycles. The van der Waals surface area contributed by atoms with Gasteiger partial charge in [-0.3, -0.25) is 19.4 Å². The van der Waals surface area contributed by atoms with Crippen LogP contribution in [0.2, 0.25) is 0 Å².